The number of ether oxygens (including phenoxy) is 1. The van der Waals surface area contributed by atoms with Crippen LogP contribution in [-0.4, -0.2) is 36.4 Å². The number of methoxy groups -OCH3 is 1. The standard InChI is InChI=1S/C23H22N6O3S/c1-3-4-12-28-21(30)17-10-5-6-11-18(17)29-22(28)25-26-23(29)33-14-19-24-20(27-32-19)15-8-7-9-16(13-15)31-2/h5-11,13H,3-4,12,14H2,1-2H3. The Morgan fingerprint density at radius 2 is 2.00 bits per heavy atom. The van der Waals surface area contributed by atoms with Crippen LogP contribution in [0.4, 0.5) is 0 Å². The van der Waals surface area contributed by atoms with Crippen molar-refractivity contribution in [1.82, 2.24) is 29.3 Å². The van der Waals surface area contributed by atoms with E-state index in [0.29, 0.717) is 40.3 Å². The summed E-state index contributed by atoms with van der Waals surface area (Å²) in [7, 11) is 1.62. The van der Waals surface area contributed by atoms with E-state index < -0.39 is 0 Å². The highest BCUT2D eigenvalue weighted by atomic mass is 32.2. The molecule has 10 heteroatoms. The van der Waals surface area contributed by atoms with Crippen molar-refractivity contribution in [3.05, 3.63) is 64.8 Å². The van der Waals surface area contributed by atoms with Gasteiger partial charge in [0.05, 0.1) is 23.8 Å². The molecule has 0 saturated carbocycles. The summed E-state index contributed by atoms with van der Waals surface area (Å²) in [4.78, 5) is 17.6. The van der Waals surface area contributed by atoms with Crippen molar-refractivity contribution in [1.29, 1.82) is 0 Å². The van der Waals surface area contributed by atoms with Crippen LogP contribution >= 0.6 is 11.8 Å². The number of fused-ring (bicyclic) bond motifs is 3. The number of hydrogen-bond acceptors (Lipinski definition) is 8. The number of thioether (sulfide) groups is 1. The van der Waals surface area contributed by atoms with Crippen LogP contribution in [0.3, 0.4) is 0 Å². The first-order chi connectivity index (χ1) is 16.2. The molecule has 0 aliphatic heterocycles. The molecule has 9 nitrogen and oxygen atoms in total. The molecule has 33 heavy (non-hydrogen) atoms. The van der Waals surface area contributed by atoms with Crippen LogP contribution < -0.4 is 10.3 Å². The van der Waals surface area contributed by atoms with Gasteiger partial charge in [0.15, 0.2) is 5.16 Å². The molecule has 0 aliphatic rings. The van der Waals surface area contributed by atoms with E-state index in [1.807, 2.05) is 52.9 Å². The minimum Gasteiger partial charge on any atom is -0.497 e. The molecule has 0 aliphatic carbocycles. The average Bonchev–Trinajstić information content (AvgIpc) is 3.50. The molecule has 0 radical (unpaired) electrons. The highest BCUT2D eigenvalue weighted by molar-refractivity contribution is 7.98. The minimum atomic E-state index is -0.0460. The van der Waals surface area contributed by atoms with Crippen LogP contribution in [0.1, 0.15) is 25.7 Å². The summed E-state index contributed by atoms with van der Waals surface area (Å²) >= 11 is 1.43. The number of nitrogens with zero attached hydrogens (tertiary/aromatic N) is 6. The Hall–Kier alpha value is -3.66. The second-order valence-electron chi connectivity index (χ2n) is 7.48. The molecule has 0 saturated heterocycles. The molecule has 0 unspecified atom stereocenters. The molecule has 0 spiro atoms. The highest BCUT2D eigenvalue weighted by Gasteiger charge is 2.18. The van der Waals surface area contributed by atoms with E-state index in [2.05, 4.69) is 27.3 Å². The molecule has 5 aromatic rings. The predicted molar refractivity (Wildman–Crippen MR) is 126 cm³/mol. The van der Waals surface area contributed by atoms with Crippen LogP contribution in [0, 0.1) is 0 Å². The SMILES string of the molecule is CCCCn1c(=O)c2ccccc2n2c(SCc3nc(-c4cccc(OC)c4)no3)nnc12. The van der Waals surface area contributed by atoms with Gasteiger partial charge < -0.3 is 9.26 Å². The van der Waals surface area contributed by atoms with E-state index >= 15 is 0 Å². The zero-order valence-electron chi connectivity index (χ0n) is 18.3. The maximum Gasteiger partial charge on any atom is 0.262 e. The van der Waals surface area contributed by atoms with Crippen LogP contribution in [0.25, 0.3) is 28.1 Å². The molecule has 168 valence electrons. The summed E-state index contributed by atoms with van der Waals surface area (Å²) in [6.45, 7) is 2.69. The first-order valence-corrected chi connectivity index (χ1v) is 11.6. The van der Waals surface area contributed by atoms with E-state index in [-0.39, 0.29) is 5.56 Å². The summed E-state index contributed by atoms with van der Waals surface area (Å²) in [5.74, 6) is 2.65. The number of benzene rings is 2. The Kier molecular flexibility index (Phi) is 5.82. The van der Waals surface area contributed by atoms with Crippen molar-refractivity contribution in [2.24, 2.45) is 0 Å². The second kappa shape index (κ2) is 9.07. The number of unbranched alkanes of at least 4 members (excludes halogenated alkanes) is 1. The van der Waals surface area contributed by atoms with Gasteiger partial charge in [-0.05, 0) is 30.7 Å². The fourth-order valence-corrected chi connectivity index (χ4v) is 4.44. The molecule has 5 rings (SSSR count). The maximum absolute atomic E-state index is 13.1. The number of aryl methyl sites for hydroxylation is 1. The molecular weight excluding hydrogens is 440 g/mol. The van der Waals surface area contributed by atoms with Gasteiger partial charge in [-0.1, -0.05) is 54.5 Å². The predicted octanol–water partition coefficient (Wildman–Crippen LogP) is 4.20. The lowest BCUT2D eigenvalue weighted by Gasteiger charge is -2.10. The van der Waals surface area contributed by atoms with E-state index in [0.717, 1.165) is 29.7 Å². The minimum absolute atomic E-state index is 0.0460. The average molecular weight is 463 g/mol. The van der Waals surface area contributed by atoms with E-state index in [9.17, 15) is 4.79 Å². The number of rotatable bonds is 8. The van der Waals surface area contributed by atoms with Crippen molar-refractivity contribution in [2.75, 3.05) is 7.11 Å². The molecular formula is C23H22N6O3S. The molecule has 2 aromatic carbocycles. The van der Waals surface area contributed by atoms with E-state index in [1.165, 1.54) is 11.8 Å². The Labute approximate surface area is 193 Å². The number of aromatic nitrogens is 6. The second-order valence-corrected chi connectivity index (χ2v) is 8.42. The van der Waals surface area contributed by atoms with Gasteiger partial charge in [-0.15, -0.1) is 10.2 Å². The smallest absolute Gasteiger partial charge is 0.262 e. The molecule has 0 bridgehead atoms. The van der Waals surface area contributed by atoms with E-state index in [4.69, 9.17) is 9.26 Å². The third kappa shape index (κ3) is 3.97. The van der Waals surface area contributed by atoms with Crippen molar-refractivity contribution in [3.63, 3.8) is 0 Å². The summed E-state index contributed by atoms with van der Waals surface area (Å²) in [6, 6.07) is 15.0. The van der Waals surface area contributed by atoms with Gasteiger partial charge in [-0.3, -0.25) is 13.8 Å². The van der Waals surface area contributed by atoms with E-state index in [1.54, 1.807) is 11.7 Å². The summed E-state index contributed by atoms with van der Waals surface area (Å²) in [5, 5.41) is 14.1. The molecule has 3 heterocycles. The van der Waals surface area contributed by atoms with Gasteiger partial charge in [-0.25, -0.2) is 0 Å². The van der Waals surface area contributed by atoms with Crippen LogP contribution in [0.5, 0.6) is 5.75 Å². The maximum atomic E-state index is 13.1. The van der Waals surface area contributed by atoms with Crippen LogP contribution in [0.15, 0.2) is 63.0 Å². The Morgan fingerprint density at radius 1 is 1.12 bits per heavy atom. The number of para-hydroxylation sites is 1. The first-order valence-electron chi connectivity index (χ1n) is 10.7. The number of hydrogen-bond donors (Lipinski definition) is 0. The summed E-state index contributed by atoms with van der Waals surface area (Å²) < 4.78 is 14.3. The Morgan fingerprint density at radius 3 is 2.85 bits per heavy atom. The van der Waals surface area contributed by atoms with Gasteiger partial charge in [0.2, 0.25) is 17.5 Å². The highest BCUT2D eigenvalue weighted by Crippen LogP contribution is 2.26. The van der Waals surface area contributed by atoms with Gasteiger partial charge in [0.1, 0.15) is 5.75 Å². The molecule has 0 atom stereocenters. The van der Waals surface area contributed by atoms with Crippen molar-refractivity contribution < 1.29 is 9.26 Å². The molecule has 0 N–H and O–H groups in total. The Bertz CT molecular complexity index is 1490. The van der Waals surface area contributed by atoms with Crippen molar-refractivity contribution >= 4 is 28.4 Å². The zero-order chi connectivity index (χ0) is 22.8. The largest absolute Gasteiger partial charge is 0.497 e. The third-order valence-electron chi connectivity index (χ3n) is 5.33. The van der Waals surface area contributed by atoms with Crippen LogP contribution in [0.2, 0.25) is 0 Å². The quantitative estimate of drug-likeness (QED) is 0.316. The van der Waals surface area contributed by atoms with Gasteiger partial charge in [-0.2, -0.15) is 4.98 Å². The van der Waals surface area contributed by atoms with Gasteiger partial charge in [0, 0.05) is 12.1 Å². The first kappa shape index (κ1) is 21.2. The molecule has 0 fully saturated rings. The normalized spacial score (nSPS) is 11.5. The van der Waals surface area contributed by atoms with Crippen molar-refractivity contribution in [2.45, 2.75) is 37.2 Å². The Balaban J connectivity index is 1.47. The van der Waals surface area contributed by atoms with Gasteiger partial charge in [0.25, 0.3) is 5.56 Å². The lowest BCUT2D eigenvalue weighted by atomic mass is 10.2. The monoisotopic (exact) mass is 462 g/mol. The molecule has 0 amide bonds. The lowest BCUT2D eigenvalue weighted by molar-refractivity contribution is 0.391. The third-order valence-corrected chi connectivity index (χ3v) is 6.25. The molecule has 3 aromatic heterocycles. The fraction of sp³-hybridized carbons (Fsp3) is 0.261. The topological polar surface area (TPSA) is 100 Å². The summed E-state index contributed by atoms with van der Waals surface area (Å²) in [5.41, 5.74) is 1.55. The summed E-state index contributed by atoms with van der Waals surface area (Å²) in [6.07, 6.45) is 1.87. The van der Waals surface area contributed by atoms with Crippen LogP contribution in [-0.2, 0) is 12.3 Å². The van der Waals surface area contributed by atoms with Gasteiger partial charge >= 0.3 is 0 Å². The fourth-order valence-electron chi connectivity index (χ4n) is 3.66. The zero-order valence-corrected chi connectivity index (χ0v) is 19.1. The lowest BCUT2D eigenvalue weighted by Crippen LogP contribution is -2.23. The van der Waals surface area contributed by atoms with Crippen molar-refractivity contribution in [3.8, 4) is 17.1 Å².